The fraction of sp³-hybridized carbons (Fsp3) is 0.562. The zero-order chi connectivity index (χ0) is 17.7. The van der Waals surface area contributed by atoms with Gasteiger partial charge in [0.05, 0.1) is 11.9 Å². The van der Waals surface area contributed by atoms with Crippen LogP contribution in [0.2, 0.25) is 0 Å². The number of hydrogen-bond acceptors (Lipinski definition) is 5. The van der Waals surface area contributed by atoms with Crippen molar-refractivity contribution in [2.75, 3.05) is 42.3 Å². The van der Waals surface area contributed by atoms with E-state index in [-0.39, 0.29) is 17.9 Å². The van der Waals surface area contributed by atoms with Crippen molar-refractivity contribution in [1.82, 2.24) is 9.88 Å². The Labute approximate surface area is 146 Å². The number of halogens is 1. The van der Waals surface area contributed by atoms with Crippen molar-refractivity contribution in [1.29, 1.82) is 0 Å². The van der Waals surface area contributed by atoms with Crippen molar-refractivity contribution < 1.29 is 14.3 Å². The maximum Gasteiger partial charge on any atom is 0.410 e. The first-order valence-electron chi connectivity index (χ1n) is 7.83. The summed E-state index contributed by atoms with van der Waals surface area (Å²) in [6.45, 7) is 8.17. The molecule has 2 amide bonds. The van der Waals surface area contributed by atoms with Gasteiger partial charge in [0.15, 0.2) is 0 Å². The third-order valence-electron chi connectivity index (χ3n) is 3.43. The molecule has 1 aromatic heterocycles. The fourth-order valence-corrected chi connectivity index (χ4v) is 2.36. The number of piperazine rings is 1. The Morgan fingerprint density at radius 1 is 1.25 bits per heavy atom. The number of nitrogens with zero attached hydrogens (tertiary/aromatic N) is 3. The Kier molecular flexibility index (Phi) is 5.88. The summed E-state index contributed by atoms with van der Waals surface area (Å²) in [5.41, 5.74) is 0.462. The van der Waals surface area contributed by atoms with E-state index in [1.807, 2.05) is 26.8 Å². The van der Waals surface area contributed by atoms with Crippen LogP contribution < -0.4 is 10.2 Å². The Morgan fingerprint density at radius 3 is 2.42 bits per heavy atom. The van der Waals surface area contributed by atoms with E-state index in [2.05, 4.69) is 15.2 Å². The highest BCUT2D eigenvalue weighted by molar-refractivity contribution is 6.29. The lowest BCUT2D eigenvalue weighted by molar-refractivity contribution is -0.113. The molecule has 0 saturated carbocycles. The van der Waals surface area contributed by atoms with Crippen molar-refractivity contribution in [3.63, 3.8) is 0 Å². The van der Waals surface area contributed by atoms with Gasteiger partial charge in [-0.25, -0.2) is 9.78 Å². The molecule has 7 nitrogen and oxygen atoms in total. The molecule has 1 fully saturated rings. The Bertz CT molecular complexity index is 578. The van der Waals surface area contributed by atoms with Gasteiger partial charge in [0, 0.05) is 26.2 Å². The van der Waals surface area contributed by atoms with Gasteiger partial charge in [-0.1, -0.05) is 0 Å². The van der Waals surface area contributed by atoms with E-state index in [0.29, 0.717) is 32.0 Å². The SMILES string of the molecule is CC(C)(C)OC(=O)N1CCN(c2ccc(NC(=O)CCl)nc2)CC1. The average Bonchev–Trinajstić information content (AvgIpc) is 2.54. The summed E-state index contributed by atoms with van der Waals surface area (Å²) in [6.07, 6.45) is 1.42. The maximum atomic E-state index is 12.1. The normalized spacial score (nSPS) is 15.2. The van der Waals surface area contributed by atoms with Gasteiger partial charge in [-0.3, -0.25) is 4.79 Å². The molecular weight excluding hydrogens is 332 g/mol. The second-order valence-electron chi connectivity index (χ2n) is 6.54. The smallest absolute Gasteiger partial charge is 0.410 e. The summed E-state index contributed by atoms with van der Waals surface area (Å²) in [5.74, 6) is 0.0791. The number of ether oxygens (including phenoxy) is 1. The van der Waals surface area contributed by atoms with E-state index in [4.69, 9.17) is 16.3 Å². The highest BCUT2D eigenvalue weighted by atomic mass is 35.5. The minimum Gasteiger partial charge on any atom is -0.444 e. The van der Waals surface area contributed by atoms with E-state index in [1.54, 1.807) is 17.2 Å². The molecule has 1 saturated heterocycles. The predicted molar refractivity (Wildman–Crippen MR) is 93.6 cm³/mol. The molecule has 1 N–H and O–H groups in total. The quantitative estimate of drug-likeness (QED) is 0.843. The number of rotatable bonds is 3. The van der Waals surface area contributed by atoms with Gasteiger partial charge in [-0.05, 0) is 32.9 Å². The molecule has 0 aliphatic carbocycles. The van der Waals surface area contributed by atoms with Gasteiger partial charge in [0.1, 0.15) is 17.3 Å². The molecule has 0 atom stereocenters. The molecule has 0 aromatic carbocycles. The minimum atomic E-state index is -0.485. The fourth-order valence-electron chi connectivity index (χ4n) is 2.30. The lowest BCUT2D eigenvalue weighted by Crippen LogP contribution is -2.50. The van der Waals surface area contributed by atoms with Gasteiger partial charge < -0.3 is 19.9 Å². The lowest BCUT2D eigenvalue weighted by Gasteiger charge is -2.36. The van der Waals surface area contributed by atoms with Crippen molar-refractivity contribution >= 4 is 35.1 Å². The first kappa shape index (κ1) is 18.3. The summed E-state index contributed by atoms with van der Waals surface area (Å²) in [6, 6.07) is 3.63. The zero-order valence-corrected chi connectivity index (χ0v) is 15.0. The van der Waals surface area contributed by atoms with Crippen molar-refractivity contribution in [2.24, 2.45) is 0 Å². The second-order valence-corrected chi connectivity index (χ2v) is 6.81. The largest absolute Gasteiger partial charge is 0.444 e. The zero-order valence-electron chi connectivity index (χ0n) is 14.2. The monoisotopic (exact) mass is 354 g/mol. The van der Waals surface area contributed by atoms with E-state index < -0.39 is 5.60 Å². The third-order valence-corrected chi connectivity index (χ3v) is 3.68. The van der Waals surface area contributed by atoms with Crippen LogP contribution in [0.15, 0.2) is 18.3 Å². The molecule has 8 heteroatoms. The molecule has 132 valence electrons. The standard InChI is InChI=1S/C16H23ClN4O3/c1-16(2,3)24-15(23)21-8-6-20(7-9-21)12-4-5-13(18-11-12)19-14(22)10-17/h4-5,11H,6-10H2,1-3H3,(H,18,19,22). The number of nitrogens with one attached hydrogen (secondary N) is 1. The summed E-state index contributed by atoms with van der Waals surface area (Å²) in [4.78, 5) is 31.3. The van der Waals surface area contributed by atoms with Crippen molar-refractivity contribution in [3.05, 3.63) is 18.3 Å². The maximum absolute atomic E-state index is 12.1. The van der Waals surface area contributed by atoms with E-state index in [0.717, 1.165) is 5.69 Å². The summed E-state index contributed by atoms with van der Waals surface area (Å²) in [7, 11) is 0. The Balaban J connectivity index is 1.88. The molecule has 0 spiro atoms. The molecule has 0 radical (unpaired) electrons. The third kappa shape index (κ3) is 5.26. The highest BCUT2D eigenvalue weighted by Crippen LogP contribution is 2.18. The van der Waals surface area contributed by atoms with Crippen molar-refractivity contribution in [2.45, 2.75) is 26.4 Å². The number of pyridine rings is 1. The Morgan fingerprint density at radius 2 is 1.92 bits per heavy atom. The molecule has 1 aliphatic heterocycles. The van der Waals surface area contributed by atoms with Crippen LogP contribution in [0.4, 0.5) is 16.3 Å². The van der Waals surface area contributed by atoms with Gasteiger partial charge in [0.25, 0.3) is 0 Å². The number of hydrogen-bond donors (Lipinski definition) is 1. The lowest BCUT2D eigenvalue weighted by atomic mass is 10.2. The highest BCUT2D eigenvalue weighted by Gasteiger charge is 2.26. The predicted octanol–water partition coefficient (Wildman–Crippen LogP) is 2.32. The molecule has 2 rings (SSSR count). The van der Waals surface area contributed by atoms with Crippen LogP contribution in [0.5, 0.6) is 0 Å². The van der Waals surface area contributed by atoms with Crippen LogP contribution in [-0.2, 0) is 9.53 Å². The first-order valence-corrected chi connectivity index (χ1v) is 8.37. The van der Waals surface area contributed by atoms with E-state index in [9.17, 15) is 9.59 Å². The topological polar surface area (TPSA) is 74.8 Å². The minimum absolute atomic E-state index is 0.101. The molecular formula is C16H23ClN4O3. The summed E-state index contributed by atoms with van der Waals surface area (Å²) >= 11 is 5.44. The summed E-state index contributed by atoms with van der Waals surface area (Å²) in [5, 5.41) is 2.60. The van der Waals surface area contributed by atoms with Crippen LogP contribution in [-0.4, -0.2) is 59.5 Å². The van der Waals surface area contributed by atoms with Crippen LogP contribution >= 0.6 is 11.6 Å². The number of alkyl halides is 1. The van der Waals surface area contributed by atoms with Crippen LogP contribution in [0, 0.1) is 0 Å². The Hall–Kier alpha value is -2.02. The number of carbonyl (C=O) groups excluding carboxylic acids is 2. The van der Waals surface area contributed by atoms with Crippen LogP contribution in [0.3, 0.4) is 0 Å². The van der Waals surface area contributed by atoms with Gasteiger partial charge >= 0.3 is 6.09 Å². The van der Waals surface area contributed by atoms with Crippen LogP contribution in [0.25, 0.3) is 0 Å². The summed E-state index contributed by atoms with van der Waals surface area (Å²) < 4.78 is 5.39. The number of amides is 2. The first-order chi connectivity index (χ1) is 11.3. The molecule has 0 unspecified atom stereocenters. The average molecular weight is 355 g/mol. The second kappa shape index (κ2) is 7.70. The van der Waals surface area contributed by atoms with Crippen molar-refractivity contribution in [3.8, 4) is 0 Å². The van der Waals surface area contributed by atoms with Gasteiger partial charge in [-0.2, -0.15) is 0 Å². The van der Waals surface area contributed by atoms with Crippen LogP contribution in [0.1, 0.15) is 20.8 Å². The number of anilines is 2. The number of carbonyl (C=O) groups is 2. The molecule has 2 heterocycles. The van der Waals surface area contributed by atoms with Gasteiger partial charge in [0.2, 0.25) is 5.91 Å². The molecule has 1 aliphatic rings. The molecule has 0 bridgehead atoms. The molecule has 1 aromatic rings. The number of aromatic nitrogens is 1. The van der Waals surface area contributed by atoms with Gasteiger partial charge in [-0.15, -0.1) is 11.6 Å². The van der Waals surface area contributed by atoms with E-state index >= 15 is 0 Å². The van der Waals surface area contributed by atoms with E-state index in [1.165, 1.54) is 0 Å². The molecule has 24 heavy (non-hydrogen) atoms.